The van der Waals surface area contributed by atoms with Crippen molar-refractivity contribution in [1.29, 1.82) is 0 Å². The second kappa shape index (κ2) is 5.87. The minimum atomic E-state index is -0.894. The van der Waals surface area contributed by atoms with Crippen LogP contribution in [0.3, 0.4) is 0 Å². The van der Waals surface area contributed by atoms with Gasteiger partial charge in [-0.2, -0.15) is 4.39 Å². The SMILES string of the molecule is COc1ccc(Br)cc1Nc1cccc(F)c1[N+](=O)[O-]. The van der Waals surface area contributed by atoms with Gasteiger partial charge in [0.15, 0.2) is 0 Å². The van der Waals surface area contributed by atoms with E-state index in [0.29, 0.717) is 11.4 Å². The van der Waals surface area contributed by atoms with E-state index in [2.05, 4.69) is 21.2 Å². The van der Waals surface area contributed by atoms with Crippen LogP contribution in [-0.2, 0) is 0 Å². The molecule has 0 aromatic heterocycles. The van der Waals surface area contributed by atoms with Gasteiger partial charge in [0.25, 0.3) is 0 Å². The van der Waals surface area contributed by atoms with Crippen molar-refractivity contribution < 1.29 is 14.1 Å². The van der Waals surface area contributed by atoms with E-state index < -0.39 is 16.4 Å². The minimum absolute atomic E-state index is 0.0615. The summed E-state index contributed by atoms with van der Waals surface area (Å²) in [5.41, 5.74) is -0.0449. The van der Waals surface area contributed by atoms with Gasteiger partial charge in [-0.1, -0.05) is 22.0 Å². The van der Waals surface area contributed by atoms with Crippen molar-refractivity contribution in [1.82, 2.24) is 0 Å². The molecule has 2 aromatic carbocycles. The molecule has 0 fully saturated rings. The first-order valence-electron chi connectivity index (χ1n) is 5.56. The molecule has 7 heteroatoms. The molecule has 0 heterocycles. The van der Waals surface area contributed by atoms with Gasteiger partial charge in [0.2, 0.25) is 5.82 Å². The summed E-state index contributed by atoms with van der Waals surface area (Å²) in [5.74, 6) is -0.402. The summed E-state index contributed by atoms with van der Waals surface area (Å²) in [4.78, 5) is 10.2. The molecule has 0 bridgehead atoms. The quantitative estimate of drug-likeness (QED) is 0.667. The van der Waals surface area contributed by atoms with E-state index in [0.717, 1.165) is 10.5 Å². The maximum Gasteiger partial charge on any atom is 0.327 e. The molecule has 0 atom stereocenters. The molecule has 104 valence electrons. The predicted octanol–water partition coefficient (Wildman–Crippen LogP) is 4.25. The lowest BCUT2D eigenvalue weighted by molar-refractivity contribution is -0.386. The molecule has 0 radical (unpaired) electrons. The number of halogens is 2. The van der Waals surface area contributed by atoms with Gasteiger partial charge in [-0.15, -0.1) is 0 Å². The van der Waals surface area contributed by atoms with E-state index in [-0.39, 0.29) is 5.69 Å². The zero-order chi connectivity index (χ0) is 14.7. The normalized spacial score (nSPS) is 10.2. The van der Waals surface area contributed by atoms with Crippen LogP contribution in [0.5, 0.6) is 5.75 Å². The van der Waals surface area contributed by atoms with Crippen LogP contribution in [0, 0.1) is 15.9 Å². The lowest BCUT2D eigenvalue weighted by Crippen LogP contribution is -2.01. The smallest absolute Gasteiger partial charge is 0.327 e. The number of anilines is 2. The highest BCUT2D eigenvalue weighted by molar-refractivity contribution is 9.10. The van der Waals surface area contributed by atoms with E-state index in [9.17, 15) is 14.5 Å². The Morgan fingerprint density at radius 3 is 2.70 bits per heavy atom. The summed E-state index contributed by atoms with van der Waals surface area (Å²) in [6.07, 6.45) is 0. The second-order valence-corrected chi connectivity index (χ2v) is 4.78. The van der Waals surface area contributed by atoms with Gasteiger partial charge >= 0.3 is 5.69 Å². The van der Waals surface area contributed by atoms with Crippen LogP contribution in [0.1, 0.15) is 0 Å². The Labute approximate surface area is 122 Å². The van der Waals surface area contributed by atoms with Gasteiger partial charge < -0.3 is 10.1 Å². The number of hydrogen-bond donors (Lipinski definition) is 1. The number of hydrogen-bond acceptors (Lipinski definition) is 4. The highest BCUT2D eigenvalue weighted by atomic mass is 79.9. The van der Waals surface area contributed by atoms with E-state index >= 15 is 0 Å². The van der Waals surface area contributed by atoms with Gasteiger partial charge in [0, 0.05) is 4.47 Å². The summed E-state index contributed by atoms with van der Waals surface area (Å²) >= 11 is 3.30. The number of benzene rings is 2. The molecular weight excluding hydrogens is 331 g/mol. The molecule has 0 amide bonds. The van der Waals surface area contributed by atoms with Crippen LogP contribution in [0.4, 0.5) is 21.5 Å². The Morgan fingerprint density at radius 2 is 2.05 bits per heavy atom. The Balaban J connectivity index is 2.48. The molecule has 0 aliphatic heterocycles. The summed E-state index contributed by atoms with van der Waals surface area (Å²) in [5, 5.41) is 13.8. The standard InChI is InChI=1S/C13H10BrFN2O3/c1-20-12-6-5-8(14)7-11(12)16-10-4-2-3-9(15)13(10)17(18)19/h2-7,16H,1H3. The van der Waals surface area contributed by atoms with Gasteiger partial charge in [-0.3, -0.25) is 10.1 Å². The van der Waals surface area contributed by atoms with Gasteiger partial charge in [0.05, 0.1) is 17.7 Å². The topological polar surface area (TPSA) is 64.4 Å². The third-order valence-corrected chi connectivity index (χ3v) is 3.09. The highest BCUT2D eigenvalue weighted by Gasteiger charge is 2.20. The Kier molecular flexibility index (Phi) is 4.19. The zero-order valence-electron chi connectivity index (χ0n) is 10.4. The van der Waals surface area contributed by atoms with Crippen LogP contribution in [-0.4, -0.2) is 12.0 Å². The number of nitro benzene ring substituents is 1. The van der Waals surface area contributed by atoms with Gasteiger partial charge in [-0.25, -0.2) is 0 Å². The highest BCUT2D eigenvalue weighted by Crippen LogP contribution is 2.35. The van der Waals surface area contributed by atoms with E-state index in [4.69, 9.17) is 4.74 Å². The fraction of sp³-hybridized carbons (Fsp3) is 0.0769. The lowest BCUT2D eigenvalue weighted by atomic mass is 10.2. The first-order chi connectivity index (χ1) is 9.52. The molecule has 0 saturated carbocycles. The number of nitro groups is 1. The van der Waals surface area contributed by atoms with Crippen LogP contribution in [0.2, 0.25) is 0 Å². The predicted molar refractivity (Wildman–Crippen MR) is 77.0 cm³/mol. The van der Waals surface area contributed by atoms with Crippen molar-refractivity contribution in [2.45, 2.75) is 0 Å². The number of para-hydroxylation sites is 1. The molecule has 0 saturated heterocycles. The van der Waals surface area contributed by atoms with Crippen molar-refractivity contribution >= 4 is 33.0 Å². The number of ether oxygens (including phenoxy) is 1. The summed E-state index contributed by atoms with van der Waals surface area (Å²) in [6, 6.07) is 9.02. The molecular formula is C13H10BrFN2O3. The summed E-state index contributed by atoms with van der Waals surface area (Å²) in [6.45, 7) is 0. The van der Waals surface area contributed by atoms with Crippen molar-refractivity contribution in [2.75, 3.05) is 12.4 Å². The van der Waals surface area contributed by atoms with Crippen LogP contribution in [0.15, 0.2) is 40.9 Å². The molecule has 0 unspecified atom stereocenters. The van der Waals surface area contributed by atoms with Crippen molar-refractivity contribution in [3.8, 4) is 5.75 Å². The average Bonchev–Trinajstić information content (AvgIpc) is 2.38. The maximum absolute atomic E-state index is 13.5. The molecule has 2 aromatic rings. The zero-order valence-corrected chi connectivity index (χ0v) is 12.0. The third-order valence-electron chi connectivity index (χ3n) is 2.60. The second-order valence-electron chi connectivity index (χ2n) is 3.86. The van der Waals surface area contributed by atoms with Gasteiger partial charge in [0.1, 0.15) is 11.4 Å². The largest absolute Gasteiger partial charge is 0.495 e. The third kappa shape index (κ3) is 2.88. The fourth-order valence-electron chi connectivity index (χ4n) is 1.72. The van der Waals surface area contributed by atoms with Crippen LogP contribution < -0.4 is 10.1 Å². The van der Waals surface area contributed by atoms with Crippen molar-refractivity contribution in [3.05, 3.63) is 56.8 Å². The molecule has 20 heavy (non-hydrogen) atoms. The Hall–Kier alpha value is -2.15. The van der Waals surface area contributed by atoms with Crippen molar-refractivity contribution in [3.63, 3.8) is 0 Å². The minimum Gasteiger partial charge on any atom is -0.495 e. The van der Waals surface area contributed by atoms with Crippen LogP contribution in [0.25, 0.3) is 0 Å². The Morgan fingerprint density at radius 1 is 1.30 bits per heavy atom. The molecule has 0 aliphatic carbocycles. The van der Waals surface area contributed by atoms with E-state index in [1.54, 1.807) is 18.2 Å². The van der Waals surface area contributed by atoms with E-state index in [1.165, 1.54) is 19.2 Å². The Bertz CT molecular complexity index is 664. The van der Waals surface area contributed by atoms with Crippen molar-refractivity contribution in [2.24, 2.45) is 0 Å². The molecule has 2 rings (SSSR count). The molecule has 0 aliphatic rings. The number of nitrogens with one attached hydrogen (secondary N) is 1. The maximum atomic E-state index is 13.5. The molecule has 1 N–H and O–H groups in total. The van der Waals surface area contributed by atoms with E-state index in [1.807, 2.05) is 0 Å². The first kappa shape index (κ1) is 14.3. The van der Waals surface area contributed by atoms with Crippen LogP contribution >= 0.6 is 15.9 Å². The number of methoxy groups -OCH3 is 1. The lowest BCUT2D eigenvalue weighted by Gasteiger charge is -2.12. The molecule has 0 spiro atoms. The molecule has 5 nitrogen and oxygen atoms in total. The first-order valence-corrected chi connectivity index (χ1v) is 6.35. The number of rotatable bonds is 4. The summed E-state index contributed by atoms with van der Waals surface area (Å²) in [7, 11) is 1.48. The fourth-order valence-corrected chi connectivity index (χ4v) is 2.09. The van der Waals surface area contributed by atoms with Gasteiger partial charge in [-0.05, 0) is 30.3 Å². The average molecular weight is 341 g/mol. The monoisotopic (exact) mass is 340 g/mol. The number of nitrogens with zero attached hydrogens (tertiary/aromatic N) is 1. The summed E-state index contributed by atoms with van der Waals surface area (Å²) < 4.78 is 19.5.